The first-order valence-electron chi connectivity index (χ1n) is 9.53. The van der Waals surface area contributed by atoms with Crippen molar-refractivity contribution in [1.29, 1.82) is 5.26 Å². The molecule has 0 N–H and O–H groups in total. The lowest BCUT2D eigenvalue weighted by Gasteiger charge is -2.07. The van der Waals surface area contributed by atoms with Gasteiger partial charge in [0.25, 0.3) is 0 Å². The van der Waals surface area contributed by atoms with Gasteiger partial charge in [-0.3, -0.25) is 0 Å². The first kappa shape index (κ1) is 18.0. The molecule has 0 aliphatic heterocycles. The normalized spacial score (nSPS) is 11.1. The van der Waals surface area contributed by atoms with Gasteiger partial charge in [0.2, 0.25) is 0 Å². The van der Waals surface area contributed by atoms with Crippen LogP contribution in [0.15, 0.2) is 48.7 Å². The summed E-state index contributed by atoms with van der Waals surface area (Å²) >= 11 is 0. The zero-order valence-corrected chi connectivity index (χ0v) is 16.5. The fourth-order valence-corrected chi connectivity index (χ4v) is 3.64. The monoisotopic (exact) mass is 369 g/mol. The molecule has 0 unspecified atom stereocenters. The van der Waals surface area contributed by atoms with Crippen LogP contribution in [0.3, 0.4) is 0 Å². The van der Waals surface area contributed by atoms with Crippen molar-refractivity contribution in [2.45, 2.75) is 33.2 Å². The van der Waals surface area contributed by atoms with E-state index in [2.05, 4.69) is 58.6 Å². The van der Waals surface area contributed by atoms with Crippen LogP contribution in [0.5, 0.6) is 0 Å². The third-order valence-corrected chi connectivity index (χ3v) is 5.13. The molecule has 0 aliphatic rings. The summed E-state index contributed by atoms with van der Waals surface area (Å²) in [6.45, 7) is 4.98. The predicted molar refractivity (Wildman–Crippen MR) is 110 cm³/mol. The van der Waals surface area contributed by atoms with Gasteiger partial charge in [0, 0.05) is 32.6 Å². The molecule has 0 saturated carbocycles. The number of nitriles is 1. The van der Waals surface area contributed by atoms with Crippen molar-refractivity contribution < 1.29 is 0 Å². The molecule has 5 nitrogen and oxygen atoms in total. The van der Waals surface area contributed by atoms with E-state index in [1.54, 1.807) is 0 Å². The van der Waals surface area contributed by atoms with Crippen LogP contribution in [-0.4, -0.2) is 19.1 Å². The minimum atomic E-state index is 0.680. The second-order valence-corrected chi connectivity index (χ2v) is 7.18. The molecule has 0 saturated heterocycles. The highest BCUT2D eigenvalue weighted by Crippen LogP contribution is 2.20. The molecule has 0 bridgehead atoms. The Morgan fingerprint density at radius 3 is 2.46 bits per heavy atom. The van der Waals surface area contributed by atoms with Gasteiger partial charge in [0.15, 0.2) is 0 Å². The van der Waals surface area contributed by atoms with Crippen molar-refractivity contribution >= 4 is 11.0 Å². The molecule has 140 valence electrons. The summed E-state index contributed by atoms with van der Waals surface area (Å²) in [5.74, 6) is 2.13. The van der Waals surface area contributed by atoms with Crippen LogP contribution in [0, 0.1) is 18.3 Å². The fraction of sp³-hybridized carbons (Fsp3) is 0.261. The Bertz CT molecular complexity index is 1170. The van der Waals surface area contributed by atoms with Crippen LogP contribution >= 0.6 is 0 Å². The van der Waals surface area contributed by atoms with Crippen molar-refractivity contribution in [3.8, 4) is 6.07 Å². The van der Waals surface area contributed by atoms with E-state index in [0.29, 0.717) is 5.56 Å². The molecule has 2 aromatic heterocycles. The van der Waals surface area contributed by atoms with Crippen LogP contribution < -0.4 is 0 Å². The Kier molecular flexibility index (Phi) is 4.70. The lowest BCUT2D eigenvalue weighted by atomic mass is 10.1. The fourth-order valence-electron chi connectivity index (χ4n) is 3.64. The standard InChI is InChI=1S/C23H23N5/c1-4-22-25-16(2)14-28(22)15-19-9-10-21-20(11-19)26-23(27(21)3)12-17-5-7-18(13-24)8-6-17/h5-11,14H,4,12,15H2,1-3H3. The Balaban J connectivity index is 1.62. The zero-order valence-electron chi connectivity index (χ0n) is 16.5. The number of hydrogen-bond donors (Lipinski definition) is 0. The molecule has 2 heterocycles. The second-order valence-electron chi connectivity index (χ2n) is 7.18. The summed E-state index contributed by atoms with van der Waals surface area (Å²) in [7, 11) is 2.06. The predicted octanol–water partition coefficient (Wildman–Crippen LogP) is 4.15. The summed E-state index contributed by atoms with van der Waals surface area (Å²) in [4.78, 5) is 9.46. The van der Waals surface area contributed by atoms with Crippen molar-refractivity contribution in [1.82, 2.24) is 19.1 Å². The summed E-state index contributed by atoms with van der Waals surface area (Å²) in [5.41, 5.74) is 6.25. The van der Waals surface area contributed by atoms with Gasteiger partial charge in [-0.05, 0) is 42.3 Å². The highest BCUT2D eigenvalue weighted by atomic mass is 15.1. The molecule has 4 rings (SSSR count). The number of aryl methyl sites for hydroxylation is 3. The maximum atomic E-state index is 8.95. The number of nitrogens with zero attached hydrogens (tertiary/aromatic N) is 5. The minimum absolute atomic E-state index is 0.680. The number of fused-ring (bicyclic) bond motifs is 1. The van der Waals surface area contributed by atoms with Gasteiger partial charge in [0.1, 0.15) is 11.6 Å². The summed E-state index contributed by atoms with van der Waals surface area (Å²) < 4.78 is 4.37. The minimum Gasteiger partial charge on any atom is -0.331 e. The molecule has 4 aromatic rings. The van der Waals surface area contributed by atoms with Crippen LogP contribution in [-0.2, 0) is 26.4 Å². The molecule has 0 fully saturated rings. The molecule has 5 heteroatoms. The van der Waals surface area contributed by atoms with Gasteiger partial charge in [-0.25, -0.2) is 9.97 Å². The molecule has 2 aromatic carbocycles. The van der Waals surface area contributed by atoms with Gasteiger partial charge in [0.05, 0.1) is 28.4 Å². The molecule has 0 spiro atoms. The smallest absolute Gasteiger partial charge is 0.114 e. The first-order valence-corrected chi connectivity index (χ1v) is 9.53. The largest absolute Gasteiger partial charge is 0.331 e. The average molecular weight is 369 g/mol. The van der Waals surface area contributed by atoms with Crippen LogP contribution in [0.4, 0.5) is 0 Å². The summed E-state index contributed by atoms with van der Waals surface area (Å²) in [5, 5.41) is 8.95. The SMILES string of the molecule is CCc1nc(C)cn1Cc1ccc2c(c1)nc(Cc1ccc(C#N)cc1)n2C. The van der Waals surface area contributed by atoms with E-state index in [-0.39, 0.29) is 0 Å². The number of imidazole rings is 2. The van der Waals surface area contributed by atoms with Gasteiger partial charge >= 0.3 is 0 Å². The third kappa shape index (κ3) is 3.41. The van der Waals surface area contributed by atoms with Gasteiger partial charge in [-0.1, -0.05) is 25.1 Å². The Labute approximate surface area is 164 Å². The van der Waals surface area contributed by atoms with E-state index in [1.165, 1.54) is 5.56 Å². The number of aromatic nitrogens is 4. The summed E-state index contributed by atoms with van der Waals surface area (Å²) in [6.07, 6.45) is 3.78. The number of hydrogen-bond acceptors (Lipinski definition) is 3. The maximum Gasteiger partial charge on any atom is 0.114 e. The van der Waals surface area contributed by atoms with Crippen LogP contribution in [0.1, 0.15) is 41.0 Å². The van der Waals surface area contributed by atoms with E-state index < -0.39 is 0 Å². The highest BCUT2D eigenvalue weighted by Gasteiger charge is 2.11. The van der Waals surface area contributed by atoms with Crippen molar-refractivity contribution in [2.24, 2.45) is 7.05 Å². The van der Waals surface area contributed by atoms with E-state index in [9.17, 15) is 0 Å². The van der Waals surface area contributed by atoms with E-state index in [4.69, 9.17) is 10.2 Å². The quantitative estimate of drug-likeness (QED) is 0.531. The van der Waals surface area contributed by atoms with E-state index >= 15 is 0 Å². The van der Waals surface area contributed by atoms with E-state index in [0.717, 1.165) is 53.3 Å². The van der Waals surface area contributed by atoms with Crippen molar-refractivity contribution in [2.75, 3.05) is 0 Å². The average Bonchev–Trinajstić information content (AvgIpc) is 3.21. The lowest BCUT2D eigenvalue weighted by molar-refractivity contribution is 0.732. The molecular formula is C23H23N5. The zero-order chi connectivity index (χ0) is 19.7. The Morgan fingerprint density at radius 1 is 1.00 bits per heavy atom. The molecule has 0 radical (unpaired) electrons. The highest BCUT2D eigenvalue weighted by molar-refractivity contribution is 5.77. The van der Waals surface area contributed by atoms with Crippen LogP contribution in [0.25, 0.3) is 11.0 Å². The third-order valence-electron chi connectivity index (χ3n) is 5.13. The van der Waals surface area contributed by atoms with Crippen molar-refractivity contribution in [3.63, 3.8) is 0 Å². The molecule has 0 aliphatic carbocycles. The van der Waals surface area contributed by atoms with Gasteiger partial charge in [-0.2, -0.15) is 5.26 Å². The van der Waals surface area contributed by atoms with E-state index in [1.807, 2.05) is 31.2 Å². The summed E-state index contributed by atoms with van der Waals surface area (Å²) in [6, 6.07) is 16.4. The van der Waals surface area contributed by atoms with Crippen molar-refractivity contribution in [3.05, 3.63) is 82.7 Å². The Hall–Kier alpha value is -3.39. The molecular weight excluding hydrogens is 346 g/mol. The van der Waals surface area contributed by atoms with Gasteiger partial charge in [-0.15, -0.1) is 0 Å². The first-order chi connectivity index (χ1) is 13.6. The topological polar surface area (TPSA) is 59.4 Å². The maximum absolute atomic E-state index is 8.95. The van der Waals surface area contributed by atoms with Gasteiger partial charge < -0.3 is 9.13 Å². The number of rotatable bonds is 5. The second kappa shape index (κ2) is 7.32. The Morgan fingerprint density at radius 2 is 1.75 bits per heavy atom. The molecule has 0 amide bonds. The molecule has 28 heavy (non-hydrogen) atoms. The molecule has 0 atom stereocenters. The number of benzene rings is 2. The van der Waals surface area contributed by atoms with Crippen LogP contribution in [0.2, 0.25) is 0 Å². The lowest BCUT2D eigenvalue weighted by Crippen LogP contribution is -2.03.